The summed E-state index contributed by atoms with van der Waals surface area (Å²) in [6.07, 6.45) is 9.29. The fourth-order valence-corrected chi connectivity index (χ4v) is 2.02. The van der Waals surface area contributed by atoms with Gasteiger partial charge in [0.15, 0.2) is 0 Å². The first kappa shape index (κ1) is 11.4. The lowest BCUT2D eigenvalue weighted by Gasteiger charge is -2.12. The van der Waals surface area contributed by atoms with Crippen LogP contribution in [0.2, 0.25) is 0 Å². The van der Waals surface area contributed by atoms with Crippen molar-refractivity contribution in [2.24, 2.45) is 4.99 Å². The first-order valence-corrected chi connectivity index (χ1v) is 6.16. The normalized spacial score (nSPS) is 18.8. The highest BCUT2D eigenvalue weighted by atomic mass is 32.2. The van der Waals surface area contributed by atoms with E-state index in [9.17, 15) is 5.11 Å². The molecule has 1 saturated carbocycles. The molecular formula is C11H17NOS. The molecule has 14 heavy (non-hydrogen) atoms. The van der Waals surface area contributed by atoms with E-state index in [1.165, 1.54) is 42.8 Å². The van der Waals surface area contributed by atoms with E-state index in [0.717, 1.165) is 12.8 Å². The van der Waals surface area contributed by atoms with Crippen LogP contribution in [0.25, 0.3) is 0 Å². The van der Waals surface area contributed by atoms with E-state index in [1.54, 1.807) is 0 Å². The Kier molecular flexibility index (Phi) is 4.80. The number of hydrogen-bond donors (Lipinski definition) is 1. The third-order valence-electron chi connectivity index (χ3n) is 2.30. The third kappa shape index (κ3) is 3.22. The van der Waals surface area contributed by atoms with Crippen molar-refractivity contribution in [1.82, 2.24) is 0 Å². The van der Waals surface area contributed by atoms with Gasteiger partial charge in [0.1, 0.15) is 10.8 Å². The van der Waals surface area contributed by atoms with E-state index in [2.05, 4.69) is 11.6 Å². The van der Waals surface area contributed by atoms with E-state index >= 15 is 0 Å². The second-order valence-electron chi connectivity index (χ2n) is 3.34. The first-order valence-electron chi connectivity index (χ1n) is 4.94. The summed E-state index contributed by atoms with van der Waals surface area (Å²) in [5, 5.41) is 10.2. The summed E-state index contributed by atoms with van der Waals surface area (Å²) in [6.45, 7) is 3.53. The van der Waals surface area contributed by atoms with E-state index in [0.29, 0.717) is 5.03 Å². The fourth-order valence-electron chi connectivity index (χ4n) is 1.51. The molecule has 0 unspecified atom stereocenters. The topological polar surface area (TPSA) is 32.6 Å². The van der Waals surface area contributed by atoms with Gasteiger partial charge in [0.25, 0.3) is 0 Å². The molecule has 0 radical (unpaired) electrons. The van der Waals surface area contributed by atoms with E-state index in [-0.39, 0.29) is 5.76 Å². The Labute approximate surface area is 89.8 Å². The molecule has 0 aliphatic heterocycles. The molecule has 1 aliphatic rings. The van der Waals surface area contributed by atoms with Crippen LogP contribution in [0.4, 0.5) is 0 Å². The Hall–Kier alpha value is -0.700. The molecule has 0 atom stereocenters. The molecular weight excluding hydrogens is 194 g/mol. The Bertz CT molecular complexity index is 260. The maximum atomic E-state index is 9.48. The van der Waals surface area contributed by atoms with E-state index < -0.39 is 0 Å². The van der Waals surface area contributed by atoms with Crippen LogP contribution in [0.1, 0.15) is 32.1 Å². The zero-order valence-corrected chi connectivity index (χ0v) is 9.44. The quantitative estimate of drug-likeness (QED) is 0.570. The zero-order valence-electron chi connectivity index (χ0n) is 8.62. The van der Waals surface area contributed by atoms with Crippen molar-refractivity contribution >= 4 is 17.5 Å². The van der Waals surface area contributed by atoms with Gasteiger partial charge in [-0.25, -0.2) is 4.99 Å². The number of allylic oxidation sites excluding steroid dienone is 1. The van der Waals surface area contributed by atoms with Crippen molar-refractivity contribution in [3.8, 4) is 0 Å². The van der Waals surface area contributed by atoms with Crippen LogP contribution < -0.4 is 0 Å². The van der Waals surface area contributed by atoms with Gasteiger partial charge >= 0.3 is 0 Å². The smallest absolute Gasteiger partial charge is 0.147 e. The van der Waals surface area contributed by atoms with Crippen LogP contribution in [0.3, 0.4) is 0 Å². The average Bonchev–Trinajstić information content (AvgIpc) is 2.26. The molecule has 0 bridgehead atoms. The van der Waals surface area contributed by atoms with Crippen molar-refractivity contribution in [3.05, 3.63) is 23.4 Å². The SMILES string of the molecule is C=CC(O)=C(N=C1CCCCC1)SC. The molecule has 0 aromatic carbocycles. The summed E-state index contributed by atoms with van der Waals surface area (Å²) >= 11 is 1.47. The molecule has 0 aromatic heterocycles. The van der Waals surface area contributed by atoms with Crippen LogP contribution in [0, 0.1) is 0 Å². The van der Waals surface area contributed by atoms with Gasteiger partial charge in [-0.05, 0) is 38.0 Å². The molecule has 0 aromatic rings. The highest BCUT2D eigenvalue weighted by Gasteiger charge is 2.08. The highest BCUT2D eigenvalue weighted by Crippen LogP contribution is 2.22. The van der Waals surface area contributed by atoms with Crippen molar-refractivity contribution in [2.75, 3.05) is 6.26 Å². The molecule has 0 spiro atoms. The van der Waals surface area contributed by atoms with E-state index in [4.69, 9.17) is 0 Å². The molecule has 1 rings (SSSR count). The maximum Gasteiger partial charge on any atom is 0.147 e. The molecule has 2 nitrogen and oxygen atoms in total. The molecule has 3 heteroatoms. The second-order valence-corrected chi connectivity index (χ2v) is 4.13. The summed E-state index contributed by atoms with van der Waals surface area (Å²) in [6, 6.07) is 0. The minimum absolute atomic E-state index is 0.190. The monoisotopic (exact) mass is 211 g/mol. The number of thioether (sulfide) groups is 1. The molecule has 1 N–H and O–H groups in total. The zero-order chi connectivity index (χ0) is 10.4. The van der Waals surface area contributed by atoms with Crippen LogP contribution in [-0.2, 0) is 0 Å². The second kappa shape index (κ2) is 5.91. The van der Waals surface area contributed by atoms with Gasteiger partial charge in [0.05, 0.1) is 0 Å². The Balaban J connectivity index is 2.75. The van der Waals surface area contributed by atoms with Crippen LogP contribution >= 0.6 is 11.8 Å². The third-order valence-corrected chi connectivity index (χ3v) is 2.98. The van der Waals surface area contributed by atoms with Crippen molar-refractivity contribution < 1.29 is 5.11 Å². The lowest BCUT2D eigenvalue weighted by atomic mass is 9.99. The van der Waals surface area contributed by atoms with Gasteiger partial charge in [-0.15, -0.1) is 11.8 Å². The lowest BCUT2D eigenvalue weighted by molar-refractivity contribution is 0.429. The minimum Gasteiger partial charge on any atom is -0.505 e. The lowest BCUT2D eigenvalue weighted by Crippen LogP contribution is -2.04. The van der Waals surface area contributed by atoms with Crippen molar-refractivity contribution in [3.63, 3.8) is 0 Å². The van der Waals surface area contributed by atoms with Gasteiger partial charge in [0.2, 0.25) is 0 Å². The minimum atomic E-state index is 0.190. The summed E-state index contributed by atoms with van der Waals surface area (Å²) in [7, 11) is 0. The molecule has 0 heterocycles. The molecule has 1 aliphatic carbocycles. The molecule has 78 valence electrons. The number of aliphatic imine (C=N–C) groups is 1. The summed E-state index contributed by atoms with van der Waals surface area (Å²) in [4.78, 5) is 4.46. The van der Waals surface area contributed by atoms with Gasteiger partial charge < -0.3 is 5.11 Å². The first-order chi connectivity index (χ1) is 6.77. The predicted molar refractivity (Wildman–Crippen MR) is 63.9 cm³/mol. The van der Waals surface area contributed by atoms with Crippen LogP contribution in [-0.4, -0.2) is 17.1 Å². The molecule has 1 fully saturated rings. The van der Waals surface area contributed by atoms with Crippen molar-refractivity contribution in [1.29, 1.82) is 0 Å². The van der Waals surface area contributed by atoms with E-state index in [1.807, 2.05) is 6.26 Å². The predicted octanol–water partition coefficient (Wildman–Crippen LogP) is 3.67. The number of aliphatic hydroxyl groups excluding tert-OH is 1. The van der Waals surface area contributed by atoms with Crippen molar-refractivity contribution in [2.45, 2.75) is 32.1 Å². The maximum absolute atomic E-state index is 9.48. The Morgan fingerprint density at radius 3 is 2.57 bits per heavy atom. The van der Waals surface area contributed by atoms with Gasteiger partial charge in [0, 0.05) is 5.71 Å². The number of rotatable bonds is 3. The largest absolute Gasteiger partial charge is 0.505 e. The standard InChI is InChI=1S/C11H17NOS/c1-3-10(13)11(14-2)12-9-7-5-4-6-8-9/h3,13H,1,4-8H2,2H3. The number of nitrogens with zero attached hydrogens (tertiary/aromatic N) is 1. The summed E-state index contributed by atoms with van der Waals surface area (Å²) < 4.78 is 0. The number of hydrogen-bond acceptors (Lipinski definition) is 3. The van der Waals surface area contributed by atoms with Gasteiger partial charge in [-0.1, -0.05) is 13.0 Å². The molecule has 0 amide bonds. The Morgan fingerprint density at radius 1 is 1.43 bits per heavy atom. The summed E-state index contributed by atoms with van der Waals surface area (Å²) in [5.74, 6) is 0.190. The van der Waals surface area contributed by atoms with Gasteiger partial charge in [-0.3, -0.25) is 0 Å². The fraction of sp³-hybridized carbons (Fsp3) is 0.545. The summed E-state index contributed by atoms with van der Waals surface area (Å²) in [5.41, 5.74) is 1.22. The molecule has 0 saturated heterocycles. The highest BCUT2D eigenvalue weighted by molar-refractivity contribution is 8.02. The Morgan fingerprint density at radius 2 is 2.07 bits per heavy atom. The van der Waals surface area contributed by atoms with Crippen LogP contribution in [0.15, 0.2) is 28.4 Å². The number of aliphatic hydroxyl groups is 1. The van der Waals surface area contributed by atoms with Crippen LogP contribution in [0.5, 0.6) is 0 Å². The average molecular weight is 211 g/mol. The van der Waals surface area contributed by atoms with Gasteiger partial charge in [-0.2, -0.15) is 0 Å².